The zero-order chi connectivity index (χ0) is 11.0. The van der Waals surface area contributed by atoms with Gasteiger partial charge in [-0.05, 0) is 19.1 Å². The Bertz CT molecular complexity index is 478. The zero-order valence-corrected chi connectivity index (χ0v) is 9.27. The highest BCUT2D eigenvalue weighted by atomic mass is 16.6. The second kappa shape index (κ2) is 3.80. The molecule has 2 heteroatoms. The van der Waals surface area contributed by atoms with E-state index < -0.39 is 0 Å². The molecule has 1 aromatic carbocycles. The van der Waals surface area contributed by atoms with Crippen LogP contribution in [-0.4, -0.2) is 12.7 Å². The molecular weight excluding hydrogens is 200 g/mol. The molecule has 0 bridgehead atoms. The Labute approximate surface area is 94.9 Å². The van der Waals surface area contributed by atoms with E-state index in [1.807, 2.05) is 12.1 Å². The highest BCUT2D eigenvalue weighted by Gasteiger charge is 2.24. The van der Waals surface area contributed by atoms with Crippen LogP contribution in [0.2, 0.25) is 0 Å². The third-order valence-electron chi connectivity index (χ3n) is 2.83. The SMILES string of the molecule is Cc1ccc(-c2ccc(CC3CO3)o2)cc1. The Balaban J connectivity index is 1.82. The van der Waals surface area contributed by atoms with E-state index in [9.17, 15) is 0 Å². The van der Waals surface area contributed by atoms with Gasteiger partial charge in [0.1, 0.15) is 11.5 Å². The monoisotopic (exact) mass is 214 g/mol. The summed E-state index contributed by atoms with van der Waals surface area (Å²) in [4.78, 5) is 0. The van der Waals surface area contributed by atoms with Crippen molar-refractivity contribution >= 4 is 0 Å². The largest absolute Gasteiger partial charge is 0.461 e. The number of aryl methyl sites for hydroxylation is 1. The minimum atomic E-state index is 0.386. The second-order valence-electron chi connectivity index (χ2n) is 4.29. The van der Waals surface area contributed by atoms with Gasteiger partial charge in [-0.2, -0.15) is 0 Å². The standard InChI is InChI=1S/C14H14O2/c1-10-2-4-11(5-3-10)14-7-6-12(16-14)8-13-9-15-13/h2-7,13H,8-9H2,1H3. The van der Waals surface area contributed by atoms with Crippen LogP contribution in [0, 0.1) is 6.92 Å². The van der Waals surface area contributed by atoms with E-state index in [0.29, 0.717) is 6.10 Å². The topological polar surface area (TPSA) is 25.7 Å². The summed E-state index contributed by atoms with van der Waals surface area (Å²) >= 11 is 0. The van der Waals surface area contributed by atoms with Gasteiger partial charge < -0.3 is 9.15 Å². The summed E-state index contributed by atoms with van der Waals surface area (Å²) in [7, 11) is 0. The van der Waals surface area contributed by atoms with E-state index in [2.05, 4.69) is 31.2 Å². The number of hydrogen-bond acceptors (Lipinski definition) is 2. The summed E-state index contributed by atoms with van der Waals surface area (Å²) in [6.07, 6.45) is 1.28. The molecule has 0 amide bonds. The molecule has 0 saturated carbocycles. The Morgan fingerprint density at radius 1 is 1.12 bits per heavy atom. The van der Waals surface area contributed by atoms with Crippen LogP contribution in [0.5, 0.6) is 0 Å². The van der Waals surface area contributed by atoms with Gasteiger partial charge in [-0.3, -0.25) is 0 Å². The van der Waals surface area contributed by atoms with Crippen molar-refractivity contribution in [2.24, 2.45) is 0 Å². The fourth-order valence-electron chi connectivity index (χ4n) is 1.77. The van der Waals surface area contributed by atoms with Crippen LogP contribution in [0.15, 0.2) is 40.8 Å². The number of epoxide rings is 1. The van der Waals surface area contributed by atoms with Gasteiger partial charge in [-0.15, -0.1) is 0 Å². The molecule has 2 nitrogen and oxygen atoms in total. The van der Waals surface area contributed by atoms with Gasteiger partial charge in [0.05, 0.1) is 12.7 Å². The van der Waals surface area contributed by atoms with Crippen LogP contribution in [0.1, 0.15) is 11.3 Å². The number of ether oxygens (including phenoxy) is 1. The van der Waals surface area contributed by atoms with Gasteiger partial charge in [0, 0.05) is 12.0 Å². The zero-order valence-electron chi connectivity index (χ0n) is 9.27. The van der Waals surface area contributed by atoms with E-state index in [1.54, 1.807) is 0 Å². The minimum Gasteiger partial charge on any atom is -0.461 e. The van der Waals surface area contributed by atoms with Crippen LogP contribution in [0.3, 0.4) is 0 Å². The summed E-state index contributed by atoms with van der Waals surface area (Å²) in [5.41, 5.74) is 2.40. The van der Waals surface area contributed by atoms with Crippen molar-refractivity contribution in [3.05, 3.63) is 47.7 Å². The molecule has 1 unspecified atom stereocenters. The molecule has 82 valence electrons. The molecule has 2 heterocycles. The minimum absolute atomic E-state index is 0.386. The molecule has 3 rings (SSSR count). The van der Waals surface area contributed by atoms with Crippen molar-refractivity contribution in [1.82, 2.24) is 0 Å². The van der Waals surface area contributed by atoms with Gasteiger partial charge in [-0.25, -0.2) is 0 Å². The van der Waals surface area contributed by atoms with Crippen molar-refractivity contribution < 1.29 is 9.15 Å². The quantitative estimate of drug-likeness (QED) is 0.733. The third kappa shape index (κ3) is 2.02. The van der Waals surface area contributed by atoms with Crippen LogP contribution in [0.4, 0.5) is 0 Å². The molecular formula is C14H14O2. The van der Waals surface area contributed by atoms with E-state index in [1.165, 1.54) is 5.56 Å². The molecule has 1 aliphatic rings. The van der Waals surface area contributed by atoms with Crippen LogP contribution in [0.25, 0.3) is 11.3 Å². The summed E-state index contributed by atoms with van der Waals surface area (Å²) in [5.74, 6) is 1.95. The van der Waals surface area contributed by atoms with Crippen LogP contribution < -0.4 is 0 Å². The maximum atomic E-state index is 5.78. The number of hydrogen-bond donors (Lipinski definition) is 0. The Morgan fingerprint density at radius 3 is 2.56 bits per heavy atom. The molecule has 1 aliphatic heterocycles. The summed E-state index contributed by atoms with van der Waals surface area (Å²) in [6, 6.07) is 12.4. The number of furan rings is 1. The maximum Gasteiger partial charge on any atom is 0.134 e. The first kappa shape index (κ1) is 9.67. The van der Waals surface area contributed by atoms with Gasteiger partial charge in [0.2, 0.25) is 0 Å². The fraction of sp³-hybridized carbons (Fsp3) is 0.286. The van der Waals surface area contributed by atoms with Crippen LogP contribution >= 0.6 is 0 Å². The Kier molecular flexibility index (Phi) is 2.29. The molecule has 1 saturated heterocycles. The van der Waals surface area contributed by atoms with E-state index in [-0.39, 0.29) is 0 Å². The normalized spacial score (nSPS) is 18.7. The average molecular weight is 214 g/mol. The fourth-order valence-corrected chi connectivity index (χ4v) is 1.77. The lowest BCUT2D eigenvalue weighted by atomic mass is 10.1. The Hall–Kier alpha value is -1.54. The highest BCUT2D eigenvalue weighted by Crippen LogP contribution is 2.25. The predicted molar refractivity (Wildman–Crippen MR) is 62.3 cm³/mol. The molecule has 0 N–H and O–H groups in total. The van der Waals surface area contributed by atoms with Gasteiger partial charge in [0.15, 0.2) is 0 Å². The third-order valence-corrected chi connectivity index (χ3v) is 2.83. The van der Waals surface area contributed by atoms with Crippen molar-refractivity contribution in [3.8, 4) is 11.3 Å². The smallest absolute Gasteiger partial charge is 0.134 e. The first-order chi connectivity index (χ1) is 7.81. The number of rotatable bonds is 3. The summed E-state index contributed by atoms with van der Waals surface area (Å²) in [5, 5.41) is 0. The second-order valence-corrected chi connectivity index (χ2v) is 4.29. The molecule has 1 atom stereocenters. The first-order valence-corrected chi connectivity index (χ1v) is 5.58. The van der Waals surface area contributed by atoms with E-state index >= 15 is 0 Å². The lowest BCUT2D eigenvalue weighted by Crippen LogP contribution is -1.89. The molecule has 1 aromatic heterocycles. The molecule has 0 radical (unpaired) electrons. The van der Waals surface area contributed by atoms with Gasteiger partial charge >= 0.3 is 0 Å². The molecule has 2 aromatic rings. The van der Waals surface area contributed by atoms with Crippen molar-refractivity contribution in [1.29, 1.82) is 0 Å². The molecule has 16 heavy (non-hydrogen) atoms. The lowest BCUT2D eigenvalue weighted by molar-refractivity contribution is 0.390. The van der Waals surface area contributed by atoms with Crippen molar-refractivity contribution in [2.75, 3.05) is 6.61 Å². The first-order valence-electron chi connectivity index (χ1n) is 5.58. The lowest BCUT2D eigenvalue weighted by Gasteiger charge is -1.97. The van der Waals surface area contributed by atoms with Crippen molar-refractivity contribution in [2.45, 2.75) is 19.4 Å². The number of benzene rings is 1. The van der Waals surface area contributed by atoms with Crippen LogP contribution in [-0.2, 0) is 11.2 Å². The molecule has 0 spiro atoms. The molecule has 0 aliphatic carbocycles. The summed E-state index contributed by atoms with van der Waals surface area (Å²) in [6.45, 7) is 2.96. The molecule has 1 fully saturated rings. The Morgan fingerprint density at radius 2 is 1.88 bits per heavy atom. The average Bonchev–Trinajstić information content (AvgIpc) is 2.97. The maximum absolute atomic E-state index is 5.78. The summed E-state index contributed by atoms with van der Waals surface area (Å²) < 4.78 is 11.0. The van der Waals surface area contributed by atoms with E-state index in [0.717, 1.165) is 30.1 Å². The van der Waals surface area contributed by atoms with E-state index in [4.69, 9.17) is 9.15 Å². The predicted octanol–water partition coefficient (Wildman–Crippen LogP) is 3.20. The van der Waals surface area contributed by atoms with Gasteiger partial charge in [0.25, 0.3) is 0 Å². The highest BCUT2D eigenvalue weighted by molar-refractivity contribution is 5.57. The van der Waals surface area contributed by atoms with Gasteiger partial charge in [-0.1, -0.05) is 29.8 Å². The van der Waals surface area contributed by atoms with Crippen molar-refractivity contribution in [3.63, 3.8) is 0 Å².